The number of benzene rings is 2. The van der Waals surface area contributed by atoms with Gasteiger partial charge < -0.3 is 5.73 Å². The van der Waals surface area contributed by atoms with E-state index in [1.54, 1.807) is 0 Å². The number of carbonyl (C=O) groups excluding carboxylic acids is 1. The van der Waals surface area contributed by atoms with Crippen molar-refractivity contribution in [2.45, 2.75) is 26.2 Å². The van der Waals surface area contributed by atoms with Gasteiger partial charge in [0, 0.05) is 0 Å². The Hall–Kier alpha value is -2.09. The Kier molecular flexibility index (Phi) is 3.43. The first kappa shape index (κ1) is 13.3. The van der Waals surface area contributed by atoms with E-state index in [0.717, 1.165) is 22.3 Å². The zero-order valence-electron chi connectivity index (χ0n) is 11.6. The normalized spacial score (nSPS) is 11.3. The molecule has 0 aromatic heterocycles. The first-order valence-electron chi connectivity index (χ1n) is 6.40. The van der Waals surface area contributed by atoms with E-state index >= 15 is 0 Å². The maximum Gasteiger partial charge on any atom is 0.232 e. The van der Waals surface area contributed by atoms with Gasteiger partial charge in [-0.05, 0) is 43.0 Å². The summed E-state index contributed by atoms with van der Waals surface area (Å²) in [6, 6.07) is 15.8. The van der Waals surface area contributed by atoms with Crippen LogP contribution in [-0.4, -0.2) is 5.91 Å². The Morgan fingerprint density at radius 1 is 0.895 bits per heavy atom. The van der Waals surface area contributed by atoms with Crippen LogP contribution in [0.25, 0.3) is 0 Å². The fourth-order valence-electron chi connectivity index (χ4n) is 2.68. The van der Waals surface area contributed by atoms with E-state index in [0.29, 0.717) is 0 Å². The van der Waals surface area contributed by atoms with Gasteiger partial charge in [-0.25, -0.2) is 0 Å². The Morgan fingerprint density at radius 2 is 1.26 bits per heavy atom. The van der Waals surface area contributed by atoms with E-state index in [-0.39, 0.29) is 5.91 Å². The van der Waals surface area contributed by atoms with E-state index in [9.17, 15) is 4.79 Å². The second-order valence-electron chi connectivity index (χ2n) is 5.12. The molecule has 2 aromatic carbocycles. The molecule has 98 valence electrons. The molecule has 0 bridgehead atoms. The van der Waals surface area contributed by atoms with Crippen molar-refractivity contribution in [1.29, 1.82) is 0 Å². The fraction of sp³-hybridized carbons (Fsp3) is 0.235. The molecule has 2 rings (SSSR count). The molecule has 1 amide bonds. The van der Waals surface area contributed by atoms with E-state index in [4.69, 9.17) is 5.73 Å². The van der Waals surface area contributed by atoms with Crippen LogP contribution in [0.15, 0.2) is 48.5 Å². The standard InChI is InChI=1S/C17H19NO/c1-12-8-4-6-10-14(12)17(3,16(18)19)15-11-7-5-9-13(15)2/h4-11H,1-3H3,(H2,18,19). The predicted molar refractivity (Wildman–Crippen MR) is 78.0 cm³/mol. The molecule has 2 nitrogen and oxygen atoms in total. The average Bonchev–Trinajstić information content (AvgIpc) is 2.38. The largest absolute Gasteiger partial charge is 0.369 e. The van der Waals surface area contributed by atoms with Crippen LogP contribution in [0.5, 0.6) is 0 Å². The number of amides is 1. The van der Waals surface area contributed by atoms with Crippen molar-refractivity contribution >= 4 is 5.91 Å². The van der Waals surface area contributed by atoms with Crippen molar-refractivity contribution in [3.63, 3.8) is 0 Å². The molecule has 0 heterocycles. The highest BCUT2D eigenvalue weighted by Gasteiger charge is 2.37. The first-order chi connectivity index (χ1) is 8.98. The van der Waals surface area contributed by atoms with Gasteiger partial charge in [-0.15, -0.1) is 0 Å². The number of hydrogen-bond donors (Lipinski definition) is 1. The van der Waals surface area contributed by atoms with Crippen LogP contribution in [0.1, 0.15) is 29.2 Å². The quantitative estimate of drug-likeness (QED) is 0.897. The van der Waals surface area contributed by atoms with Crippen LogP contribution >= 0.6 is 0 Å². The number of aryl methyl sites for hydroxylation is 2. The summed E-state index contributed by atoms with van der Waals surface area (Å²) in [5, 5.41) is 0. The third-order valence-electron chi connectivity index (χ3n) is 3.86. The van der Waals surface area contributed by atoms with Gasteiger partial charge in [0.2, 0.25) is 5.91 Å². The average molecular weight is 253 g/mol. The topological polar surface area (TPSA) is 43.1 Å². The molecule has 19 heavy (non-hydrogen) atoms. The molecule has 0 saturated heterocycles. The molecule has 0 saturated carbocycles. The number of nitrogens with two attached hydrogens (primary N) is 1. The molecule has 0 radical (unpaired) electrons. The lowest BCUT2D eigenvalue weighted by Crippen LogP contribution is -2.40. The smallest absolute Gasteiger partial charge is 0.232 e. The molecule has 2 aromatic rings. The number of primary amides is 1. The first-order valence-corrected chi connectivity index (χ1v) is 6.40. The number of hydrogen-bond acceptors (Lipinski definition) is 1. The number of carbonyl (C=O) groups is 1. The minimum atomic E-state index is -0.795. The summed E-state index contributed by atoms with van der Waals surface area (Å²) in [4.78, 5) is 12.1. The van der Waals surface area contributed by atoms with Crippen LogP contribution in [0, 0.1) is 13.8 Å². The molecule has 0 aliphatic rings. The highest BCUT2D eigenvalue weighted by molar-refractivity contribution is 5.91. The highest BCUT2D eigenvalue weighted by Crippen LogP contribution is 2.35. The second kappa shape index (κ2) is 4.88. The second-order valence-corrected chi connectivity index (χ2v) is 5.12. The van der Waals surface area contributed by atoms with E-state index in [2.05, 4.69) is 0 Å². The Bertz CT molecular complexity index is 571. The molecule has 0 atom stereocenters. The molecule has 0 unspecified atom stereocenters. The Morgan fingerprint density at radius 3 is 1.58 bits per heavy atom. The van der Waals surface area contributed by atoms with Crippen molar-refractivity contribution in [2.24, 2.45) is 5.73 Å². The zero-order valence-corrected chi connectivity index (χ0v) is 11.6. The van der Waals surface area contributed by atoms with Crippen molar-refractivity contribution in [1.82, 2.24) is 0 Å². The third-order valence-corrected chi connectivity index (χ3v) is 3.86. The van der Waals surface area contributed by atoms with Gasteiger partial charge in [-0.2, -0.15) is 0 Å². The molecular formula is C17H19NO. The van der Waals surface area contributed by atoms with Crippen LogP contribution in [0.3, 0.4) is 0 Å². The lowest BCUT2D eigenvalue weighted by atomic mass is 9.72. The van der Waals surface area contributed by atoms with E-state index in [1.165, 1.54) is 0 Å². The van der Waals surface area contributed by atoms with Crippen molar-refractivity contribution in [3.05, 3.63) is 70.8 Å². The summed E-state index contributed by atoms with van der Waals surface area (Å²) in [5.41, 5.74) is 9.03. The summed E-state index contributed by atoms with van der Waals surface area (Å²) in [6.45, 7) is 5.92. The van der Waals surface area contributed by atoms with Gasteiger partial charge in [-0.3, -0.25) is 4.79 Å². The van der Waals surface area contributed by atoms with Gasteiger partial charge in [0.05, 0.1) is 5.41 Å². The third kappa shape index (κ3) is 2.14. The molecule has 0 spiro atoms. The maximum atomic E-state index is 12.1. The summed E-state index contributed by atoms with van der Waals surface area (Å²) >= 11 is 0. The molecular weight excluding hydrogens is 234 g/mol. The van der Waals surface area contributed by atoms with Crippen LogP contribution < -0.4 is 5.73 Å². The van der Waals surface area contributed by atoms with Crippen molar-refractivity contribution in [3.8, 4) is 0 Å². The lowest BCUT2D eigenvalue weighted by molar-refractivity contribution is -0.121. The Labute approximate surface area is 114 Å². The van der Waals surface area contributed by atoms with E-state index < -0.39 is 5.41 Å². The van der Waals surface area contributed by atoms with Crippen LogP contribution in [-0.2, 0) is 10.2 Å². The SMILES string of the molecule is Cc1ccccc1C(C)(C(N)=O)c1ccccc1C. The highest BCUT2D eigenvalue weighted by atomic mass is 16.1. The monoisotopic (exact) mass is 253 g/mol. The predicted octanol–water partition coefficient (Wildman–Crippen LogP) is 3.09. The summed E-state index contributed by atoms with van der Waals surface area (Å²) in [6.07, 6.45) is 0. The maximum absolute atomic E-state index is 12.1. The van der Waals surface area contributed by atoms with Gasteiger partial charge in [-0.1, -0.05) is 48.5 Å². The summed E-state index contributed by atoms with van der Waals surface area (Å²) in [5.74, 6) is -0.323. The lowest BCUT2D eigenvalue weighted by Gasteiger charge is -2.30. The molecule has 2 heteroatoms. The van der Waals surface area contributed by atoms with Crippen molar-refractivity contribution < 1.29 is 4.79 Å². The van der Waals surface area contributed by atoms with Gasteiger partial charge >= 0.3 is 0 Å². The van der Waals surface area contributed by atoms with E-state index in [1.807, 2.05) is 69.3 Å². The minimum absolute atomic E-state index is 0.323. The molecule has 0 fully saturated rings. The zero-order chi connectivity index (χ0) is 14.0. The summed E-state index contributed by atoms with van der Waals surface area (Å²) < 4.78 is 0. The van der Waals surface area contributed by atoms with Gasteiger partial charge in [0.1, 0.15) is 0 Å². The Balaban J connectivity index is 2.73. The summed E-state index contributed by atoms with van der Waals surface area (Å²) in [7, 11) is 0. The number of rotatable bonds is 3. The minimum Gasteiger partial charge on any atom is -0.369 e. The van der Waals surface area contributed by atoms with Gasteiger partial charge in [0.25, 0.3) is 0 Å². The van der Waals surface area contributed by atoms with Crippen molar-refractivity contribution in [2.75, 3.05) is 0 Å². The van der Waals surface area contributed by atoms with Crippen LogP contribution in [0.2, 0.25) is 0 Å². The molecule has 2 N–H and O–H groups in total. The molecule has 0 aliphatic heterocycles. The molecule has 0 aliphatic carbocycles. The fourth-order valence-corrected chi connectivity index (χ4v) is 2.68. The van der Waals surface area contributed by atoms with Gasteiger partial charge in [0.15, 0.2) is 0 Å². The van der Waals surface area contributed by atoms with Crippen LogP contribution in [0.4, 0.5) is 0 Å².